The number of ether oxygens (including phenoxy) is 2. The second kappa shape index (κ2) is 9.25. The van der Waals surface area contributed by atoms with E-state index in [1.807, 2.05) is 27.0 Å². The van der Waals surface area contributed by atoms with Crippen molar-refractivity contribution in [1.82, 2.24) is 10.2 Å². The Bertz CT molecular complexity index is 365. The molecule has 0 aromatic rings. The first kappa shape index (κ1) is 19.1. The number of rotatable bonds is 6. The standard InChI is InChI=1S/C15H28N2O4S/c1-15(2,3)21-14(19)16-12(5-10-22-4)11-13(18)17-6-8-20-9-7-17/h12H,5-11H2,1-4H3,(H,16,19)/t12-/m0/s1. The highest BCUT2D eigenvalue weighted by Crippen LogP contribution is 2.11. The second-order valence-corrected chi connectivity index (χ2v) is 7.31. The van der Waals surface area contributed by atoms with Gasteiger partial charge in [0.25, 0.3) is 0 Å². The monoisotopic (exact) mass is 332 g/mol. The van der Waals surface area contributed by atoms with Crippen molar-refractivity contribution in [3.05, 3.63) is 0 Å². The van der Waals surface area contributed by atoms with Gasteiger partial charge in [-0.3, -0.25) is 4.79 Å². The summed E-state index contributed by atoms with van der Waals surface area (Å²) in [6.45, 7) is 7.88. The molecule has 1 aliphatic rings. The minimum absolute atomic E-state index is 0.0606. The molecule has 0 saturated carbocycles. The fourth-order valence-corrected chi connectivity index (χ4v) is 2.63. The predicted molar refractivity (Wildman–Crippen MR) is 88.2 cm³/mol. The van der Waals surface area contributed by atoms with Gasteiger partial charge in [-0.15, -0.1) is 0 Å². The molecule has 7 heteroatoms. The topological polar surface area (TPSA) is 67.9 Å². The maximum atomic E-state index is 12.3. The smallest absolute Gasteiger partial charge is 0.407 e. The molecular formula is C15H28N2O4S. The van der Waals surface area contributed by atoms with Crippen molar-refractivity contribution in [1.29, 1.82) is 0 Å². The van der Waals surface area contributed by atoms with Crippen molar-refractivity contribution in [2.75, 3.05) is 38.3 Å². The Morgan fingerprint density at radius 1 is 1.32 bits per heavy atom. The van der Waals surface area contributed by atoms with Crippen LogP contribution in [-0.4, -0.2) is 66.9 Å². The van der Waals surface area contributed by atoms with Crippen LogP contribution >= 0.6 is 11.8 Å². The zero-order valence-electron chi connectivity index (χ0n) is 14.0. The lowest BCUT2D eigenvalue weighted by molar-refractivity contribution is -0.135. The molecule has 22 heavy (non-hydrogen) atoms. The van der Waals surface area contributed by atoms with E-state index < -0.39 is 11.7 Å². The number of hydrogen-bond acceptors (Lipinski definition) is 5. The minimum atomic E-state index is -0.539. The van der Waals surface area contributed by atoms with Gasteiger partial charge >= 0.3 is 6.09 Å². The van der Waals surface area contributed by atoms with Gasteiger partial charge in [0.1, 0.15) is 5.60 Å². The Hall–Kier alpha value is -0.950. The highest BCUT2D eigenvalue weighted by Gasteiger charge is 2.24. The molecule has 0 spiro atoms. The molecule has 6 nitrogen and oxygen atoms in total. The second-order valence-electron chi connectivity index (χ2n) is 6.32. The molecule has 0 aliphatic carbocycles. The summed E-state index contributed by atoms with van der Waals surface area (Å²) in [7, 11) is 0. The first-order chi connectivity index (χ1) is 10.3. The zero-order chi connectivity index (χ0) is 16.6. The van der Waals surface area contributed by atoms with Gasteiger partial charge in [-0.2, -0.15) is 11.8 Å². The average molecular weight is 332 g/mol. The molecule has 1 saturated heterocycles. The number of amides is 2. The van der Waals surface area contributed by atoms with Crippen LogP contribution in [0.25, 0.3) is 0 Å². The number of carbonyl (C=O) groups is 2. The molecule has 128 valence electrons. The van der Waals surface area contributed by atoms with Crippen molar-refractivity contribution in [2.24, 2.45) is 0 Å². The molecule has 0 aromatic heterocycles. The maximum Gasteiger partial charge on any atom is 0.407 e. The highest BCUT2D eigenvalue weighted by atomic mass is 32.2. The third-order valence-corrected chi connectivity index (χ3v) is 3.82. The van der Waals surface area contributed by atoms with Crippen LogP contribution in [0.5, 0.6) is 0 Å². The summed E-state index contributed by atoms with van der Waals surface area (Å²) in [4.78, 5) is 26.0. The van der Waals surface area contributed by atoms with Crippen molar-refractivity contribution in [2.45, 2.75) is 45.3 Å². The third-order valence-electron chi connectivity index (χ3n) is 3.18. The molecule has 0 radical (unpaired) electrons. The van der Waals surface area contributed by atoms with E-state index >= 15 is 0 Å². The summed E-state index contributed by atoms with van der Waals surface area (Å²) in [5.41, 5.74) is -0.539. The Morgan fingerprint density at radius 2 is 1.95 bits per heavy atom. The molecule has 1 heterocycles. The lowest BCUT2D eigenvalue weighted by Gasteiger charge is -2.29. The normalized spacial score (nSPS) is 17.0. The predicted octanol–water partition coefficient (Wildman–Crippen LogP) is 1.88. The maximum absolute atomic E-state index is 12.3. The number of nitrogens with one attached hydrogen (secondary N) is 1. The molecule has 1 fully saturated rings. The van der Waals surface area contributed by atoms with Crippen molar-refractivity contribution in [3.63, 3.8) is 0 Å². The summed E-state index contributed by atoms with van der Waals surface area (Å²) in [5.74, 6) is 0.946. The van der Waals surface area contributed by atoms with E-state index in [-0.39, 0.29) is 11.9 Å². The van der Waals surface area contributed by atoms with Crippen LogP contribution in [0.4, 0.5) is 4.79 Å². The van der Waals surface area contributed by atoms with Gasteiger partial charge in [0.15, 0.2) is 0 Å². The fourth-order valence-electron chi connectivity index (χ4n) is 2.11. The largest absolute Gasteiger partial charge is 0.444 e. The van der Waals surface area contributed by atoms with Gasteiger partial charge in [0.2, 0.25) is 5.91 Å². The van der Waals surface area contributed by atoms with Crippen molar-refractivity contribution in [3.8, 4) is 0 Å². The molecule has 2 amide bonds. The molecule has 1 atom stereocenters. The Labute approximate surface area is 137 Å². The number of alkyl carbamates (subject to hydrolysis) is 1. The van der Waals surface area contributed by atoms with Crippen LogP contribution in [0, 0.1) is 0 Å². The molecule has 0 aromatic carbocycles. The lowest BCUT2D eigenvalue weighted by Crippen LogP contribution is -2.45. The molecule has 1 N–H and O–H groups in total. The zero-order valence-corrected chi connectivity index (χ0v) is 14.8. The van der Waals surface area contributed by atoms with Gasteiger partial charge in [-0.05, 0) is 39.2 Å². The summed E-state index contributed by atoms with van der Waals surface area (Å²) >= 11 is 1.70. The summed E-state index contributed by atoms with van der Waals surface area (Å²) in [6, 6.07) is -0.197. The van der Waals surface area contributed by atoms with Gasteiger partial charge in [-0.25, -0.2) is 4.79 Å². The molecule has 0 bridgehead atoms. The Morgan fingerprint density at radius 3 is 2.50 bits per heavy atom. The summed E-state index contributed by atoms with van der Waals surface area (Å²) in [6.07, 6.45) is 2.60. The number of thioether (sulfide) groups is 1. The Balaban J connectivity index is 2.51. The van der Waals surface area contributed by atoms with E-state index in [4.69, 9.17) is 9.47 Å². The van der Waals surface area contributed by atoms with Gasteiger partial charge < -0.3 is 19.7 Å². The van der Waals surface area contributed by atoms with Gasteiger partial charge in [0.05, 0.1) is 13.2 Å². The fraction of sp³-hybridized carbons (Fsp3) is 0.867. The molecule has 1 rings (SSSR count). The van der Waals surface area contributed by atoms with E-state index in [2.05, 4.69) is 5.32 Å². The van der Waals surface area contributed by atoms with E-state index in [9.17, 15) is 9.59 Å². The first-order valence-electron chi connectivity index (χ1n) is 7.66. The number of nitrogens with zero attached hydrogens (tertiary/aromatic N) is 1. The van der Waals surface area contributed by atoms with Gasteiger partial charge in [0, 0.05) is 25.6 Å². The van der Waals surface area contributed by atoms with Crippen molar-refractivity contribution < 1.29 is 19.1 Å². The van der Waals surface area contributed by atoms with E-state index in [1.54, 1.807) is 16.7 Å². The third kappa shape index (κ3) is 7.89. The summed E-state index contributed by atoms with van der Waals surface area (Å²) < 4.78 is 10.5. The van der Waals surface area contributed by atoms with Crippen LogP contribution in [0.1, 0.15) is 33.6 Å². The van der Waals surface area contributed by atoms with Crippen LogP contribution < -0.4 is 5.32 Å². The van der Waals surface area contributed by atoms with Crippen LogP contribution in [0.2, 0.25) is 0 Å². The minimum Gasteiger partial charge on any atom is -0.444 e. The summed E-state index contributed by atoms with van der Waals surface area (Å²) in [5, 5.41) is 2.83. The lowest BCUT2D eigenvalue weighted by atomic mass is 10.1. The molecule has 0 unspecified atom stereocenters. The van der Waals surface area contributed by atoms with Crippen molar-refractivity contribution >= 4 is 23.8 Å². The first-order valence-corrected chi connectivity index (χ1v) is 9.05. The van der Waals surface area contributed by atoms with Crippen LogP contribution in [0.3, 0.4) is 0 Å². The number of morpholine rings is 1. The van der Waals surface area contributed by atoms with E-state index in [1.165, 1.54) is 0 Å². The molecule has 1 aliphatic heterocycles. The highest BCUT2D eigenvalue weighted by molar-refractivity contribution is 7.98. The average Bonchev–Trinajstić information content (AvgIpc) is 2.43. The SMILES string of the molecule is CSCC[C@@H](CC(=O)N1CCOCC1)NC(=O)OC(C)(C)C. The molecular weight excluding hydrogens is 304 g/mol. The quantitative estimate of drug-likeness (QED) is 0.804. The van der Waals surface area contributed by atoms with E-state index in [0.29, 0.717) is 32.7 Å². The van der Waals surface area contributed by atoms with E-state index in [0.717, 1.165) is 12.2 Å². The van der Waals surface area contributed by atoms with Crippen LogP contribution in [-0.2, 0) is 14.3 Å². The van der Waals surface area contributed by atoms with Gasteiger partial charge in [-0.1, -0.05) is 0 Å². The number of hydrogen-bond donors (Lipinski definition) is 1. The number of carbonyl (C=O) groups excluding carboxylic acids is 2. The Kier molecular flexibility index (Phi) is 8.03. The van der Waals surface area contributed by atoms with Crippen LogP contribution in [0.15, 0.2) is 0 Å².